The van der Waals surface area contributed by atoms with Crippen LogP contribution in [0.25, 0.3) is 0 Å². The van der Waals surface area contributed by atoms with Crippen LogP contribution in [0.2, 0.25) is 0 Å². The summed E-state index contributed by atoms with van der Waals surface area (Å²) in [5.41, 5.74) is -0.267. The van der Waals surface area contributed by atoms with Gasteiger partial charge in [0.25, 0.3) is 0 Å². The van der Waals surface area contributed by atoms with E-state index in [9.17, 15) is 19.8 Å². The van der Waals surface area contributed by atoms with E-state index in [0.717, 1.165) is 24.2 Å². The molecular formula is C25H35NO4S. The van der Waals surface area contributed by atoms with Crippen LogP contribution in [0.4, 0.5) is 5.69 Å². The van der Waals surface area contributed by atoms with Crippen molar-refractivity contribution in [3.63, 3.8) is 0 Å². The molecule has 6 heteroatoms. The quantitative estimate of drug-likeness (QED) is 0.610. The highest BCUT2D eigenvalue weighted by molar-refractivity contribution is 7.15. The third-order valence-electron chi connectivity index (χ3n) is 5.70. The van der Waals surface area contributed by atoms with Gasteiger partial charge in [0.2, 0.25) is 5.91 Å². The summed E-state index contributed by atoms with van der Waals surface area (Å²) in [6.07, 6.45) is -6.48. The van der Waals surface area contributed by atoms with Crippen molar-refractivity contribution >= 4 is 28.9 Å². The summed E-state index contributed by atoms with van der Waals surface area (Å²) in [7, 11) is 0. The molecule has 3 rings (SSSR count). The highest BCUT2D eigenvalue weighted by atomic mass is 32.1. The van der Waals surface area contributed by atoms with Crippen molar-refractivity contribution in [3.8, 4) is 11.8 Å². The Hall–Kier alpha value is -1.84. The van der Waals surface area contributed by atoms with Gasteiger partial charge in [-0.05, 0) is 84.0 Å². The van der Waals surface area contributed by atoms with Crippen molar-refractivity contribution in [2.75, 3.05) is 4.90 Å². The average Bonchev–Trinajstić information content (AvgIpc) is 3.15. The summed E-state index contributed by atoms with van der Waals surface area (Å²) in [5, 5.41) is 20.4. The lowest BCUT2D eigenvalue weighted by atomic mass is 9.81. The third kappa shape index (κ3) is 6.11. The van der Waals surface area contributed by atoms with E-state index in [2.05, 4.69) is 18.8 Å². The number of hydrogen-bond acceptors (Lipinski definition) is 4. The van der Waals surface area contributed by atoms with Gasteiger partial charge in [0.05, 0.1) is 18.0 Å². The first kappa shape index (κ1) is 17.7. The molecule has 0 unspecified atom stereocenters. The van der Waals surface area contributed by atoms with E-state index < -0.39 is 49.6 Å². The molecule has 0 spiro atoms. The van der Waals surface area contributed by atoms with Gasteiger partial charge >= 0.3 is 5.97 Å². The Morgan fingerprint density at radius 2 is 1.81 bits per heavy atom. The van der Waals surface area contributed by atoms with Crippen LogP contribution in [0.15, 0.2) is 6.07 Å². The lowest BCUT2D eigenvalue weighted by molar-refractivity contribution is -0.124. The summed E-state index contributed by atoms with van der Waals surface area (Å²) in [5.74, 6) is 4.47. The predicted molar refractivity (Wildman–Crippen MR) is 124 cm³/mol. The fourth-order valence-corrected chi connectivity index (χ4v) is 4.81. The number of nitrogens with zero attached hydrogens (tertiary/aromatic N) is 1. The molecule has 0 saturated heterocycles. The fourth-order valence-electron chi connectivity index (χ4n) is 3.97. The molecule has 2 aliphatic rings. The number of rotatable bonds is 4. The van der Waals surface area contributed by atoms with Crippen LogP contribution in [0.1, 0.15) is 100 Å². The maximum absolute atomic E-state index is 13.9. The van der Waals surface area contributed by atoms with E-state index in [1.54, 1.807) is 0 Å². The Labute approximate surface area is 196 Å². The molecule has 0 aromatic carbocycles. The Morgan fingerprint density at radius 1 is 1.19 bits per heavy atom. The lowest BCUT2D eigenvalue weighted by Crippen LogP contribution is -2.47. The summed E-state index contributed by atoms with van der Waals surface area (Å²) in [6.45, 7) is 7.86. The van der Waals surface area contributed by atoms with Crippen molar-refractivity contribution in [2.45, 2.75) is 91.1 Å². The first-order valence-electron chi connectivity index (χ1n) is 13.3. The van der Waals surface area contributed by atoms with E-state index in [4.69, 9.17) is 6.85 Å². The number of carbonyl (C=O) groups is 2. The number of carboxylic acid groups (broad SMARTS) is 1. The number of anilines is 1. The Balaban J connectivity index is 2.14. The SMILES string of the molecule is [2H]C1([2H])C[C@H](N(C(=O)C2CCC(C)CC2)c2cc(C#CC(C)(C)C)sc2C(=O)O)CC([2H])([2H])[C@@]1([2H])O. The van der Waals surface area contributed by atoms with Gasteiger partial charge in [-0.1, -0.05) is 18.8 Å². The molecule has 2 N–H and O–H groups in total. The molecule has 1 aromatic heterocycles. The molecule has 0 atom stereocenters. The second-order valence-electron chi connectivity index (χ2n) is 9.56. The maximum Gasteiger partial charge on any atom is 0.348 e. The van der Waals surface area contributed by atoms with Crippen molar-refractivity contribution < 1.29 is 26.7 Å². The molecule has 2 saturated carbocycles. The summed E-state index contributed by atoms with van der Waals surface area (Å²) in [4.78, 5) is 27.7. The second kappa shape index (κ2) is 9.75. The molecule has 1 amide bonds. The summed E-state index contributed by atoms with van der Waals surface area (Å²) in [6, 6.07) is 0.437. The average molecular weight is 451 g/mol. The fraction of sp³-hybridized carbons (Fsp3) is 0.680. The van der Waals surface area contributed by atoms with Gasteiger partial charge in [-0.3, -0.25) is 4.79 Å². The van der Waals surface area contributed by atoms with Crippen molar-refractivity contribution in [2.24, 2.45) is 17.3 Å². The van der Waals surface area contributed by atoms with Crippen LogP contribution >= 0.6 is 11.3 Å². The zero-order valence-corrected chi connectivity index (χ0v) is 19.4. The minimum Gasteiger partial charge on any atom is -0.477 e. The number of amides is 1. The molecule has 0 radical (unpaired) electrons. The van der Waals surface area contributed by atoms with Gasteiger partial charge in [-0.25, -0.2) is 4.79 Å². The van der Waals surface area contributed by atoms with Gasteiger partial charge in [-0.2, -0.15) is 0 Å². The number of carbonyl (C=O) groups excluding carboxylic acids is 1. The zero-order valence-electron chi connectivity index (χ0n) is 23.6. The molecule has 1 heterocycles. The van der Waals surface area contributed by atoms with Crippen LogP contribution in [-0.4, -0.2) is 34.2 Å². The minimum atomic E-state index is -3.01. The lowest BCUT2D eigenvalue weighted by Gasteiger charge is -2.38. The number of aliphatic hydroxyl groups is 1. The van der Waals surface area contributed by atoms with Gasteiger partial charge < -0.3 is 15.1 Å². The molecule has 0 aliphatic heterocycles. The Morgan fingerprint density at radius 3 is 2.35 bits per heavy atom. The third-order valence-corrected chi connectivity index (χ3v) is 6.73. The zero-order chi connectivity index (χ0) is 27.3. The number of thiophene rings is 1. The highest BCUT2D eigenvalue weighted by Crippen LogP contribution is 2.38. The van der Waals surface area contributed by atoms with Gasteiger partial charge in [-0.15, -0.1) is 11.3 Å². The second-order valence-corrected chi connectivity index (χ2v) is 10.6. The molecular weight excluding hydrogens is 410 g/mol. The minimum absolute atomic E-state index is 0.0707. The number of aromatic carboxylic acids is 1. The first-order chi connectivity index (χ1) is 16.4. The maximum atomic E-state index is 13.9. The van der Waals surface area contributed by atoms with E-state index >= 15 is 0 Å². The Bertz CT molecular complexity index is 1050. The molecule has 31 heavy (non-hydrogen) atoms. The van der Waals surface area contributed by atoms with E-state index in [1.807, 2.05) is 20.8 Å². The molecule has 2 aliphatic carbocycles. The van der Waals surface area contributed by atoms with Crippen molar-refractivity contribution in [1.82, 2.24) is 0 Å². The molecule has 170 valence electrons. The molecule has 0 bridgehead atoms. The Kier molecular flexibility index (Phi) is 5.56. The van der Waals surface area contributed by atoms with E-state index in [1.165, 1.54) is 11.0 Å². The van der Waals surface area contributed by atoms with Crippen molar-refractivity contribution in [1.29, 1.82) is 0 Å². The van der Waals surface area contributed by atoms with E-state index in [0.29, 0.717) is 23.6 Å². The van der Waals surface area contributed by atoms with Crippen LogP contribution in [-0.2, 0) is 4.79 Å². The van der Waals surface area contributed by atoms with Gasteiger partial charge in [0.1, 0.15) is 4.88 Å². The van der Waals surface area contributed by atoms with Crippen LogP contribution in [0.5, 0.6) is 0 Å². The van der Waals surface area contributed by atoms with Crippen LogP contribution < -0.4 is 4.90 Å². The topological polar surface area (TPSA) is 77.8 Å². The van der Waals surface area contributed by atoms with Crippen molar-refractivity contribution in [3.05, 3.63) is 15.8 Å². The largest absolute Gasteiger partial charge is 0.477 e. The predicted octanol–water partition coefficient (Wildman–Crippen LogP) is 5.31. The van der Waals surface area contributed by atoms with Crippen LogP contribution in [0.3, 0.4) is 0 Å². The highest BCUT2D eigenvalue weighted by Gasteiger charge is 2.37. The smallest absolute Gasteiger partial charge is 0.348 e. The monoisotopic (exact) mass is 450 g/mol. The van der Waals surface area contributed by atoms with E-state index in [-0.39, 0.29) is 21.9 Å². The normalized spacial score (nSPS) is 34.6. The number of hydrogen-bond donors (Lipinski definition) is 2. The summed E-state index contributed by atoms with van der Waals surface area (Å²) < 4.78 is 41.1. The first-order valence-corrected chi connectivity index (χ1v) is 11.6. The van der Waals surface area contributed by atoms with Gasteiger partial charge in [0.15, 0.2) is 0 Å². The molecule has 5 nitrogen and oxygen atoms in total. The molecule has 1 aromatic rings. The number of carboxylic acids is 1. The standard InChI is InChI=1S/C25H35NO4S/c1-16-5-7-17(8-6-16)23(28)26(18-9-11-19(27)12-10-18)21-15-20(13-14-25(2,3)4)31-22(21)24(29)30/h15-19,27H,5-12H2,1-4H3,(H,29,30)/t16?,17?,18-,19-/i11D2,12D2,19D. The van der Waals surface area contributed by atoms with Crippen LogP contribution in [0, 0.1) is 29.1 Å². The summed E-state index contributed by atoms with van der Waals surface area (Å²) >= 11 is 0.924. The van der Waals surface area contributed by atoms with Gasteiger partial charge in [0, 0.05) is 22.9 Å². The molecule has 2 fully saturated rings.